The number of amides is 1. The van der Waals surface area contributed by atoms with Crippen LogP contribution in [-0.4, -0.2) is 12.2 Å². The lowest BCUT2D eigenvalue weighted by Crippen LogP contribution is -2.19. The fourth-order valence-corrected chi connectivity index (χ4v) is 3.19. The maximum Gasteiger partial charge on any atom is 0.248 e. The van der Waals surface area contributed by atoms with Gasteiger partial charge in [0.2, 0.25) is 5.91 Å². The first-order chi connectivity index (χ1) is 10.2. The SMILES string of the molecule is NC(=O)c1ccccc1[C@H]1CCc2cc(C=O)ccc2C1. The monoisotopic (exact) mass is 279 g/mol. The van der Waals surface area contributed by atoms with Gasteiger partial charge in [-0.1, -0.05) is 30.3 Å². The first-order valence-corrected chi connectivity index (χ1v) is 7.14. The molecule has 0 radical (unpaired) electrons. The van der Waals surface area contributed by atoms with Gasteiger partial charge in [-0.2, -0.15) is 0 Å². The molecular formula is C18H17NO2. The summed E-state index contributed by atoms with van der Waals surface area (Å²) in [6, 6.07) is 13.4. The number of hydrogen-bond donors (Lipinski definition) is 1. The van der Waals surface area contributed by atoms with E-state index in [-0.39, 0.29) is 5.91 Å². The minimum absolute atomic E-state index is 0.309. The van der Waals surface area contributed by atoms with Crippen molar-refractivity contribution < 1.29 is 9.59 Å². The molecule has 0 fully saturated rings. The van der Waals surface area contributed by atoms with Crippen LogP contribution in [0.5, 0.6) is 0 Å². The molecule has 1 aliphatic rings. The Kier molecular flexibility index (Phi) is 3.57. The third-order valence-corrected chi connectivity index (χ3v) is 4.26. The highest BCUT2D eigenvalue weighted by Gasteiger charge is 2.23. The van der Waals surface area contributed by atoms with E-state index in [0.717, 1.165) is 36.7 Å². The molecule has 0 saturated carbocycles. The van der Waals surface area contributed by atoms with Gasteiger partial charge < -0.3 is 5.73 Å². The van der Waals surface area contributed by atoms with Crippen molar-refractivity contribution in [1.29, 1.82) is 0 Å². The fraction of sp³-hybridized carbons (Fsp3) is 0.222. The Morgan fingerprint density at radius 1 is 1.14 bits per heavy atom. The van der Waals surface area contributed by atoms with Gasteiger partial charge >= 0.3 is 0 Å². The second kappa shape index (κ2) is 5.52. The van der Waals surface area contributed by atoms with Crippen molar-refractivity contribution in [2.24, 2.45) is 5.73 Å². The van der Waals surface area contributed by atoms with Crippen LogP contribution in [0.15, 0.2) is 42.5 Å². The van der Waals surface area contributed by atoms with E-state index >= 15 is 0 Å². The quantitative estimate of drug-likeness (QED) is 0.878. The molecule has 0 spiro atoms. The smallest absolute Gasteiger partial charge is 0.248 e. The molecule has 3 nitrogen and oxygen atoms in total. The summed E-state index contributed by atoms with van der Waals surface area (Å²) < 4.78 is 0. The lowest BCUT2D eigenvalue weighted by Gasteiger charge is -2.26. The van der Waals surface area contributed by atoms with Crippen LogP contribution in [-0.2, 0) is 12.8 Å². The maximum atomic E-state index is 11.6. The number of carbonyl (C=O) groups excluding carboxylic acids is 2. The third-order valence-electron chi connectivity index (χ3n) is 4.26. The van der Waals surface area contributed by atoms with E-state index in [4.69, 9.17) is 5.73 Å². The van der Waals surface area contributed by atoms with Gasteiger partial charge in [-0.15, -0.1) is 0 Å². The number of primary amides is 1. The fourth-order valence-electron chi connectivity index (χ4n) is 3.19. The maximum absolute atomic E-state index is 11.6. The minimum Gasteiger partial charge on any atom is -0.366 e. The molecular weight excluding hydrogens is 262 g/mol. The molecule has 2 N–H and O–H groups in total. The molecule has 3 rings (SSSR count). The standard InChI is InChI=1S/C18H17NO2/c19-18(21)17-4-2-1-3-16(17)15-8-7-13-9-12(11-20)5-6-14(13)10-15/h1-6,9,11,15H,7-8,10H2,(H2,19,21)/t15-/m0/s1. The molecule has 0 aliphatic heterocycles. The summed E-state index contributed by atoms with van der Waals surface area (Å²) in [6.45, 7) is 0. The number of nitrogens with two attached hydrogens (primary N) is 1. The molecule has 2 aromatic carbocycles. The van der Waals surface area contributed by atoms with E-state index < -0.39 is 0 Å². The van der Waals surface area contributed by atoms with Crippen molar-refractivity contribution in [3.05, 3.63) is 70.3 Å². The van der Waals surface area contributed by atoms with Crippen LogP contribution in [0.1, 0.15) is 49.7 Å². The predicted molar refractivity (Wildman–Crippen MR) is 81.6 cm³/mol. The number of rotatable bonds is 3. The Bertz CT molecular complexity index is 706. The van der Waals surface area contributed by atoms with Gasteiger partial charge in [0, 0.05) is 11.1 Å². The zero-order valence-corrected chi connectivity index (χ0v) is 11.7. The molecule has 21 heavy (non-hydrogen) atoms. The van der Waals surface area contributed by atoms with Crippen LogP contribution in [0.3, 0.4) is 0 Å². The predicted octanol–water partition coefficient (Wildman–Crippen LogP) is 2.87. The molecule has 1 amide bonds. The van der Waals surface area contributed by atoms with E-state index in [2.05, 4.69) is 0 Å². The summed E-state index contributed by atoms with van der Waals surface area (Å²) in [5.74, 6) is -0.0593. The lowest BCUT2D eigenvalue weighted by atomic mass is 9.78. The Labute approximate surface area is 123 Å². The summed E-state index contributed by atoms with van der Waals surface area (Å²) in [7, 11) is 0. The summed E-state index contributed by atoms with van der Waals surface area (Å²) in [5, 5.41) is 0. The first kappa shape index (κ1) is 13.6. The van der Waals surface area contributed by atoms with Crippen molar-refractivity contribution in [2.75, 3.05) is 0 Å². The van der Waals surface area contributed by atoms with Gasteiger partial charge in [-0.25, -0.2) is 0 Å². The van der Waals surface area contributed by atoms with E-state index in [0.29, 0.717) is 11.5 Å². The Balaban J connectivity index is 1.93. The normalized spacial score (nSPS) is 17.0. The van der Waals surface area contributed by atoms with Gasteiger partial charge in [-0.3, -0.25) is 9.59 Å². The summed E-state index contributed by atoms with van der Waals surface area (Å²) in [6.07, 6.45) is 3.67. The van der Waals surface area contributed by atoms with Gasteiger partial charge in [0.1, 0.15) is 6.29 Å². The van der Waals surface area contributed by atoms with Gasteiger partial charge in [0.05, 0.1) is 0 Å². The number of hydrogen-bond acceptors (Lipinski definition) is 2. The number of aldehydes is 1. The highest BCUT2D eigenvalue weighted by molar-refractivity contribution is 5.94. The average Bonchev–Trinajstić information content (AvgIpc) is 2.53. The summed E-state index contributed by atoms with van der Waals surface area (Å²) >= 11 is 0. The average molecular weight is 279 g/mol. The Morgan fingerprint density at radius 2 is 1.95 bits per heavy atom. The van der Waals surface area contributed by atoms with Crippen LogP contribution in [0.4, 0.5) is 0 Å². The second-order valence-corrected chi connectivity index (χ2v) is 5.54. The minimum atomic E-state index is -0.368. The molecule has 3 heteroatoms. The number of benzene rings is 2. The van der Waals surface area contributed by atoms with Crippen LogP contribution < -0.4 is 5.73 Å². The summed E-state index contributed by atoms with van der Waals surface area (Å²) in [5.41, 5.74) is 10.4. The van der Waals surface area contributed by atoms with E-state index in [1.807, 2.05) is 36.4 Å². The largest absolute Gasteiger partial charge is 0.366 e. The van der Waals surface area contributed by atoms with Crippen LogP contribution >= 0.6 is 0 Å². The van der Waals surface area contributed by atoms with Crippen LogP contribution in [0, 0.1) is 0 Å². The Hall–Kier alpha value is -2.42. The molecule has 1 aliphatic carbocycles. The van der Waals surface area contributed by atoms with Gasteiger partial charge in [-0.05, 0) is 54.0 Å². The molecule has 0 heterocycles. The molecule has 0 bridgehead atoms. The molecule has 0 aromatic heterocycles. The van der Waals surface area contributed by atoms with Crippen LogP contribution in [0.25, 0.3) is 0 Å². The van der Waals surface area contributed by atoms with Crippen molar-refractivity contribution >= 4 is 12.2 Å². The number of fused-ring (bicyclic) bond motifs is 1. The van der Waals surface area contributed by atoms with Gasteiger partial charge in [0.25, 0.3) is 0 Å². The lowest BCUT2D eigenvalue weighted by molar-refractivity contribution is 0.0998. The number of carbonyl (C=O) groups is 2. The molecule has 0 saturated heterocycles. The van der Waals surface area contributed by atoms with E-state index in [1.54, 1.807) is 6.07 Å². The molecule has 0 unspecified atom stereocenters. The Morgan fingerprint density at radius 3 is 2.71 bits per heavy atom. The highest BCUT2D eigenvalue weighted by atomic mass is 16.1. The first-order valence-electron chi connectivity index (χ1n) is 7.14. The van der Waals surface area contributed by atoms with Crippen molar-refractivity contribution in [3.63, 3.8) is 0 Å². The van der Waals surface area contributed by atoms with Crippen LogP contribution in [0.2, 0.25) is 0 Å². The third kappa shape index (κ3) is 2.59. The van der Waals surface area contributed by atoms with Crippen molar-refractivity contribution in [2.45, 2.75) is 25.2 Å². The molecule has 2 aromatic rings. The van der Waals surface area contributed by atoms with E-state index in [9.17, 15) is 9.59 Å². The molecule has 106 valence electrons. The van der Waals surface area contributed by atoms with Gasteiger partial charge in [0.15, 0.2) is 0 Å². The van der Waals surface area contributed by atoms with Crippen molar-refractivity contribution in [1.82, 2.24) is 0 Å². The van der Waals surface area contributed by atoms with E-state index in [1.165, 1.54) is 11.1 Å². The van der Waals surface area contributed by atoms with Crippen molar-refractivity contribution in [3.8, 4) is 0 Å². The second-order valence-electron chi connectivity index (χ2n) is 5.54. The zero-order valence-electron chi connectivity index (χ0n) is 11.7. The zero-order chi connectivity index (χ0) is 14.8. The highest BCUT2D eigenvalue weighted by Crippen LogP contribution is 2.34. The topological polar surface area (TPSA) is 60.2 Å². The number of aryl methyl sites for hydroxylation is 1. The molecule has 1 atom stereocenters. The summed E-state index contributed by atoms with van der Waals surface area (Å²) in [4.78, 5) is 22.4.